The van der Waals surface area contributed by atoms with Crippen molar-refractivity contribution in [2.24, 2.45) is 0 Å². The highest BCUT2D eigenvalue weighted by Crippen LogP contribution is 2.25. The number of aromatic carboxylic acids is 1. The first-order valence-corrected chi connectivity index (χ1v) is 5.86. The lowest BCUT2D eigenvalue weighted by molar-refractivity contribution is 0.0702. The predicted molar refractivity (Wildman–Crippen MR) is 60.1 cm³/mol. The molecule has 0 aromatic carbocycles. The molecule has 0 saturated heterocycles. The van der Waals surface area contributed by atoms with Gasteiger partial charge in [0.25, 0.3) is 0 Å². The minimum atomic E-state index is -0.936. The topological polar surface area (TPSA) is 84.1 Å². The monoisotopic (exact) mass is 251 g/mol. The molecule has 0 amide bonds. The summed E-state index contributed by atoms with van der Waals surface area (Å²) >= 11 is 1.18. The van der Waals surface area contributed by atoms with E-state index < -0.39 is 5.97 Å². The highest BCUT2D eigenvalue weighted by Gasteiger charge is 2.21. The van der Waals surface area contributed by atoms with Gasteiger partial charge in [0, 0.05) is 13.1 Å². The van der Waals surface area contributed by atoms with Gasteiger partial charge in [-0.2, -0.15) is 0 Å². The normalized spacial score (nSPS) is 14.7. The van der Waals surface area contributed by atoms with Crippen LogP contribution in [0.3, 0.4) is 0 Å². The van der Waals surface area contributed by atoms with Crippen LogP contribution in [0.25, 0.3) is 0 Å². The van der Waals surface area contributed by atoms with Gasteiger partial charge in [0.05, 0.1) is 12.7 Å². The van der Waals surface area contributed by atoms with Crippen LogP contribution in [-0.4, -0.2) is 37.4 Å². The Morgan fingerprint density at radius 3 is 3.12 bits per heavy atom. The maximum Gasteiger partial charge on any atom is 0.347 e. The van der Waals surface area contributed by atoms with E-state index in [-0.39, 0.29) is 4.88 Å². The number of aromatic nitrogens is 4. The molecular weight excluding hydrogens is 242 g/mol. The minimum absolute atomic E-state index is 0.257. The summed E-state index contributed by atoms with van der Waals surface area (Å²) in [5.74, 6) is -0.0581. The molecule has 0 atom stereocenters. The van der Waals surface area contributed by atoms with Crippen LogP contribution in [0.15, 0.2) is 12.5 Å². The van der Waals surface area contributed by atoms with Crippen LogP contribution in [-0.2, 0) is 13.1 Å². The fourth-order valence-corrected chi connectivity index (χ4v) is 2.52. The summed E-state index contributed by atoms with van der Waals surface area (Å²) in [6, 6.07) is 0. The van der Waals surface area contributed by atoms with Gasteiger partial charge in [-0.05, 0) is 0 Å². The predicted octanol–water partition coefficient (Wildman–Crippen LogP) is 0.453. The number of hydrogen-bond donors (Lipinski definition) is 1. The van der Waals surface area contributed by atoms with Crippen molar-refractivity contribution in [1.29, 1.82) is 0 Å². The van der Waals surface area contributed by atoms with Crippen LogP contribution in [0.1, 0.15) is 15.5 Å². The molecule has 17 heavy (non-hydrogen) atoms. The van der Waals surface area contributed by atoms with Crippen molar-refractivity contribution in [3.8, 4) is 0 Å². The van der Waals surface area contributed by atoms with Gasteiger partial charge < -0.3 is 14.6 Å². The summed E-state index contributed by atoms with van der Waals surface area (Å²) in [6.45, 7) is 2.20. The summed E-state index contributed by atoms with van der Waals surface area (Å²) in [4.78, 5) is 17.2. The van der Waals surface area contributed by atoms with E-state index >= 15 is 0 Å². The number of carboxylic acids is 1. The van der Waals surface area contributed by atoms with Crippen molar-refractivity contribution in [3.63, 3.8) is 0 Å². The molecular formula is C9H9N5O2S. The second-order valence-electron chi connectivity index (χ2n) is 3.67. The van der Waals surface area contributed by atoms with Gasteiger partial charge in [0.1, 0.15) is 11.2 Å². The smallest absolute Gasteiger partial charge is 0.347 e. The quantitative estimate of drug-likeness (QED) is 0.834. The average Bonchev–Trinajstić information content (AvgIpc) is 2.97. The first kappa shape index (κ1) is 10.2. The van der Waals surface area contributed by atoms with Crippen LogP contribution in [0.4, 0.5) is 5.13 Å². The lowest BCUT2D eigenvalue weighted by Gasteiger charge is -2.26. The average molecular weight is 251 g/mol. The number of hydrogen-bond acceptors (Lipinski definition) is 6. The molecule has 0 saturated carbocycles. The molecule has 0 fully saturated rings. The molecule has 1 aliphatic heterocycles. The SMILES string of the molecule is O=C(O)c1cnc(N2CCn3cnnc3C2)s1. The molecule has 0 radical (unpaired) electrons. The maximum absolute atomic E-state index is 10.8. The van der Waals surface area contributed by atoms with E-state index in [0.717, 1.165) is 24.0 Å². The first-order chi connectivity index (χ1) is 8.24. The maximum atomic E-state index is 10.8. The van der Waals surface area contributed by atoms with Gasteiger partial charge in [-0.25, -0.2) is 9.78 Å². The zero-order chi connectivity index (χ0) is 11.8. The Bertz CT molecular complexity index is 563. The van der Waals surface area contributed by atoms with Crippen LogP contribution in [0.5, 0.6) is 0 Å². The molecule has 0 bridgehead atoms. The molecule has 0 spiro atoms. The van der Waals surface area contributed by atoms with Gasteiger partial charge >= 0.3 is 5.97 Å². The number of anilines is 1. The van der Waals surface area contributed by atoms with Crippen LogP contribution < -0.4 is 4.90 Å². The lowest BCUT2D eigenvalue weighted by Crippen LogP contribution is -2.33. The fourth-order valence-electron chi connectivity index (χ4n) is 1.74. The standard InChI is InChI=1S/C9H9N5O2S/c15-8(16)6-3-10-9(17-6)13-1-2-14-5-11-12-7(14)4-13/h3,5H,1-2,4H2,(H,15,16). The summed E-state index contributed by atoms with van der Waals surface area (Å²) in [6.07, 6.45) is 3.10. The van der Waals surface area contributed by atoms with E-state index in [1.807, 2.05) is 9.47 Å². The molecule has 88 valence electrons. The third-order valence-electron chi connectivity index (χ3n) is 2.61. The Kier molecular flexibility index (Phi) is 2.29. The zero-order valence-corrected chi connectivity index (χ0v) is 9.59. The summed E-state index contributed by atoms with van der Waals surface area (Å²) in [5, 5.41) is 17.4. The number of carbonyl (C=O) groups is 1. The van der Waals surface area contributed by atoms with Crippen molar-refractivity contribution in [3.05, 3.63) is 23.2 Å². The van der Waals surface area contributed by atoms with Gasteiger partial charge in [-0.15, -0.1) is 10.2 Å². The number of fused-ring (bicyclic) bond motifs is 1. The molecule has 1 N–H and O–H groups in total. The van der Waals surface area contributed by atoms with Crippen molar-refractivity contribution in [1.82, 2.24) is 19.7 Å². The molecule has 0 unspecified atom stereocenters. The largest absolute Gasteiger partial charge is 0.477 e. The molecule has 2 aromatic heterocycles. The van der Waals surface area contributed by atoms with Crippen molar-refractivity contribution < 1.29 is 9.90 Å². The lowest BCUT2D eigenvalue weighted by atomic mass is 10.4. The third kappa shape index (κ3) is 1.76. The molecule has 2 aromatic rings. The van der Waals surface area contributed by atoms with Gasteiger partial charge in [-0.1, -0.05) is 11.3 Å². The van der Waals surface area contributed by atoms with E-state index in [1.165, 1.54) is 17.5 Å². The second kappa shape index (κ2) is 3.81. The van der Waals surface area contributed by atoms with E-state index in [9.17, 15) is 4.79 Å². The van der Waals surface area contributed by atoms with Crippen molar-refractivity contribution in [2.75, 3.05) is 11.4 Å². The molecule has 3 rings (SSSR count). The Hall–Kier alpha value is -1.96. The summed E-state index contributed by atoms with van der Waals surface area (Å²) in [5.41, 5.74) is 0. The Labute approximate surface area is 100 Å². The van der Waals surface area contributed by atoms with E-state index in [0.29, 0.717) is 6.54 Å². The van der Waals surface area contributed by atoms with Crippen LogP contribution in [0.2, 0.25) is 0 Å². The van der Waals surface area contributed by atoms with E-state index in [2.05, 4.69) is 15.2 Å². The van der Waals surface area contributed by atoms with Gasteiger partial charge in [0.15, 0.2) is 11.0 Å². The Morgan fingerprint density at radius 1 is 1.47 bits per heavy atom. The van der Waals surface area contributed by atoms with Crippen molar-refractivity contribution >= 4 is 22.4 Å². The molecule has 8 heteroatoms. The van der Waals surface area contributed by atoms with Gasteiger partial charge in [0.2, 0.25) is 0 Å². The summed E-state index contributed by atoms with van der Waals surface area (Å²) in [7, 11) is 0. The number of rotatable bonds is 2. The number of thiazole rings is 1. The molecule has 7 nitrogen and oxygen atoms in total. The van der Waals surface area contributed by atoms with E-state index in [1.54, 1.807) is 6.33 Å². The van der Waals surface area contributed by atoms with Crippen molar-refractivity contribution in [2.45, 2.75) is 13.1 Å². The Morgan fingerprint density at radius 2 is 2.35 bits per heavy atom. The van der Waals surface area contributed by atoms with Crippen LogP contribution in [0, 0.1) is 0 Å². The first-order valence-electron chi connectivity index (χ1n) is 5.05. The third-order valence-corrected chi connectivity index (χ3v) is 3.66. The molecule has 3 heterocycles. The van der Waals surface area contributed by atoms with Gasteiger partial charge in [-0.3, -0.25) is 0 Å². The number of nitrogens with zero attached hydrogens (tertiary/aromatic N) is 5. The number of carboxylic acid groups (broad SMARTS) is 1. The summed E-state index contributed by atoms with van der Waals surface area (Å²) < 4.78 is 1.99. The highest BCUT2D eigenvalue weighted by atomic mass is 32.1. The molecule has 0 aliphatic carbocycles. The molecule has 1 aliphatic rings. The van der Waals surface area contributed by atoms with Crippen LogP contribution >= 0.6 is 11.3 Å². The minimum Gasteiger partial charge on any atom is -0.477 e. The van der Waals surface area contributed by atoms with E-state index in [4.69, 9.17) is 5.11 Å². The fraction of sp³-hybridized carbons (Fsp3) is 0.333. The highest BCUT2D eigenvalue weighted by molar-refractivity contribution is 7.17. The zero-order valence-electron chi connectivity index (χ0n) is 8.78. The Balaban J connectivity index is 1.84. The second-order valence-corrected chi connectivity index (χ2v) is 4.68.